The van der Waals surface area contributed by atoms with E-state index in [0.29, 0.717) is 11.5 Å². The lowest BCUT2D eigenvalue weighted by atomic mass is 10.0. The number of carbonyl (C=O) groups excluding carboxylic acids is 1. The monoisotopic (exact) mass is 379 g/mol. The second kappa shape index (κ2) is 8.44. The molecule has 0 aliphatic rings. The number of carbonyl (C=O) groups is 1. The number of thioether (sulfide) groups is 1. The zero-order chi connectivity index (χ0) is 19.4. The highest BCUT2D eigenvalue weighted by Crippen LogP contribution is 2.25. The molecule has 0 aliphatic heterocycles. The van der Waals surface area contributed by atoms with E-state index in [9.17, 15) is 4.79 Å². The SMILES string of the molecule is CC(C)c1ccc(-n2ccnc2SCc2ccc(C(=O)N(C)C)cc2)cc1. The Morgan fingerprint density at radius 2 is 1.74 bits per heavy atom. The van der Waals surface area contributed by atoms with E-state index < -0.39 is 0 Å². The van der Waals surface area contributed by atoms with Gasteiger partial charge in [-0.15, -0.1) is 0 Å². The summed E-state index contributed by atoms with van der Waals surface area (Å²) in [4.78, 5) is 18.1. The van der Waals surface area contributed by atoms with E-state index in [1.807, 2.05) is 36.7 Å². The van der Waals surface area contributed by atoms with Crippen LogP contribution in [0.4, 0.5) is 0 Å². The van der Waals surface area contributed by atoms with Crippen LogP contribution in [0.2, 0.25) is 0 Å². The first-order valence-corrected chi connectivity index (χ1v) is 10.0. The molecular formula is C22H25N3OS. The minimum absolute atomic E-state index is 0.0228. The minimum atomic E-state index is 0.0228. The molecule has 0 radical (unpaired) electrons. The van der Waals surface area contributed by atoms with Crippen LogP contribution in [0.5, 0.6) is 0 Å². The van der Waals surface area contributed by atoms with Crippen LogP contribution < -0.4 is 0 Å². The normalized spacial score (nSPS) is 11.0. The predicted octanol–water partition coefficient (Wildman–Crippen LogP) is 4.99. The lowest BCUT2D eigenvalue weighted by Gasteiger charge is -2.11. The quantitative estimate of drug-likeness (QED) is 0.566. The lowest BCUT2D eigenvalue weighted by molar-refractivity contribution is 0.0827. The number of rotatable bonds is 6. The first-order chi connectivity index (χ1) is 13.0. The van der Waals surface area contributed by atoms with Crippen LogP contribution in [-0.4, -0.2) is 34.5 Å². The molecule has 0 bridgehead atoms. The third kappa shape index (κ3) is 4.61. The average Bonchev–Trinajstić information content (AvgIpc) is 3.14. The van der Waals surface area contributed by atoms with Crippen molar-refractivity contribution >= 4 is 17.7 Å². The molecule has 1 aromatic heterocycles. The Morgan fingerprint density at radius 3 is 2.33 bits per heavy atom. The van der Waals surface area contributed by atoms with E-state index >= 15 is 0 Å². The Morgan fingerprint density at radius 1 is 1.07 bits per heavy atom. The molecule has 0 saturated heterocycles. The summed E-state index contributed by atoms with van der Waals surface area (Å²) in [6.45, 7) is 4.40. The molecule has 0 fully saturated rings. The van der Waals surface area contributed by atoms with Crippen molar-refractivity contribution in [3.05, 3.63) is 77.6 Å². The van der Waals surface area contributed by atoms with Gasteiger partial charge in [0.25, 0.3) is 5.91 Å². The molecule has 5 heteroatoms. The van der Waals surface area contributed by atoms with Crippen molar-refractivity contribution in [2.75, 3.05) is 14.1 Å². The topological polar surface area (TPSA) is 38.1 Å². The first kappa shape index (κ1) is 19.2. The van der Waals surface area contributed by atoms with Crippen LogP contribution in [0.25, 0.3) is 5.69 Å². The highest BCUT2D eigenvalue weighted by molar-refractivity contribution is 7.98. The van der Waals surface area contributed by atoms with Crippen LogP contribution in [0, 0.1) is 0 Å². The molecule has 140 valence electrons. The lowest BCUT2D eigenvalue weighted by Crippen LogP contribution is -2.21. The maximum Gasteiger partial charge on any atom is 0.253 e. The molecule has 0 unspecified atom stereocenters. The van der Waals surface area contributed by atoms with Crippen molar-refractivity contribution < 1.29 is 4.79 Å². The number of amides is 1. The van der Waals surface area contributed by atoms with Gasteiger partial charge in [0.2, 0.25) is 0 Å². The second-order valence-corrected chi connectivity index (χ2v) is 7.95. The van der Waals surface area contributed by atoms with Crippen LogP contribution in [0.1, 0.15) is 41.3 Å². The molecule has 1 heterocycles. The van der Waals surface area contributed by atoms with Gasteiger partial charge in [-0.05, 0) is 41.3 Å². The van der Waals surface area contributed by atoms with Crippen LogP contribution in [0.3, 0.4) is 0 Å². The largest absolute Gasteiger partial charge is 0.345 e. The number of hydrogen-bond acceptors (Lipinski definition) is 3. The van der Waals surface area contributed by atoms with Crippen molar-refractivity contribution in [1.82, 2.24) is 14.5 Å². The smallest absolute Gasteiger partial charge is 0.253 e. The van der Waals surface area contributed by atoms with Gasteiger partial charge in [-0.3, -0.25) is 9.36 Å². The fourth-order valence-corrected chi connectivity index (χ4v) is 3.69. The highest BCUT2D eigenvalue weighted by atomic mass is 32.2. The van der Waals surface area contributed by atoms with Gasteiger partial charge in [-0.2, -0.15) is 0 Å². The number of hydrogen-bond donors (Lipinski definition) is 0. The predicted molar refractivity (Wildman–Crippen MR) is 112 cm³/mol. The van der Waals surface area contributed by atoms with Crippen LogP contribution >= 0.6 is 11.8 Å². The Bertz CT molecular complexity index is 896. The molecule has 0 N–H and O–H groups in total. The fraction of sp³-hybridized carbons (Fsp3) is 0.273. The van der Waals surface area contributed by atoms with E-state index in [0.717, 1.165) is 16.6 Å². The van der Waals surface area contributed by atoms with Gasteiger partial charge in [0.05, 0.1) is 0 Å². The van der Waals surface area contributed by atoms with Gasteiger partial charge in [0.15, 0.2) is 5.16 Å². The van der Waals surface area contributed by atoms with Crippen molar-refractivity contribution in [2.45, 2.75) is 30.7 Å². The molecule has 27 heavy (non-hydrogen) atoms. The van der Waals surface area contributed by atoms with E-state index in [1.54, 1.807) is 30.8 Å². The van der Waals surface area contributed by atoms with Gasteiger partial charge >= 0.3 is 0 Å². The summed E-state index contributed by atoms with van der Waals surface area (Å²) >= 11 is 1.69. The maximum absolute atomic E-state index is 12.0. The van der Waals surface area contributed by atoms with Gasteiger partial charge in [-0.1, -0.05) is 49.9 Å². The molecule has 2 aromatic carbocycles. The summed E-state index contributed by atoms with van der Waals surface area (Å²) in [5.41, 5.74) is 4.33. The summed E-state index contributed by atoms with van der Waals surface area (Å²) in [5.74, 6) is 1.35. The first-order valence-electron chi connectivity index (χ1n) is 9.03. The third-order valence-electron chi connectivity index (χ3n) is 4.42. The second-order valence-electron chi connectivity index (χ2n) is 7.01. The molecule has 1 amide bonds. The summed E-state index contributed by atoms with van der Waals surface area (Å²) < 4.78 is 2.11. The van der Waals surface area contributed by atoms with Gasteiger partial charge in [0.1, 0.15) is 0 Å². The summed E-state index contributed by atoms with van der Waals surface area (Å²) in [6.07, 6.45) is 3.82. The van der Waals surface area contributed by atoms with E-state index in [4.69, 9.17) is 0 Å². The number of imidazole rings is 1. The van der Waals surface area contributed by atoms with E-state index in [2.05, 4.69) is 47.7 Å². The molecular weight excluding hydrogens is 354 g/mol. The fourth-order valence-electron chi connectivity index (χ4n) is 2.76. The summed E-state index contributed by atoms with van der Waals surface area (Å²) in [7, 11) is 3.53. The van der Waals surface area contributed by atoms with E-state index in [-0.39, 0.29) is 5.91 Å². The Balaban J connectivity index is 1.69. The zero-order valence-corrected chi connectivity index (χ0v) is 17.0. The number of aromatic nitrogens is 2. The highest BCUT2D eigenvalue weighted by Gasteiger charge is 2.09. The van der Waals surface area contributed by atoms with E-state index in [1.165, 1.54) is 11.1 Å². The molecule has 3 rings (SSSR count). The molecule has 0 saturated carbocycles. The van der Waals surface area contributed by atoms with Crippen LogP contribution in [-0.2, 0) is 5.75 Å². The third-order valence-corrected chi connectivity index (χ3v) is 5.46. The maximum atomic E-state index is 12.0. The Kier molecular flexibility index (Phi) is 6.01. The van der Waals surface area contributed by atoms with Gasteiger partial charge < -0.3 is 4.90 Å². The van der Waals surface area contributed by atoms with Crippen LogP contribution in [0.15, 0.2) is 66.1 Å². The van der Waals surface area contributed by atoms with Gasteiger partial charge in [0, 0.05) is 43.5 Å². The van der Waals surface area contributed by atoms with Crippen molar-refractivity contribution in [1.29, 1.82) is 0 Å². The standard InChI is InChI=1S/C22H25N3OS/c1-16(2)18-9-11-20(12-10-18)25-14-13-23-22(25)27-15-17-5-7-19(8-6-17)21(26)24(3)4/h5-14,16H,15H2,1-4H3. The Labute approximate surface area is 165 Å². The molecule has 0 aliphatic carbocycles. The minimum Gasteiger partial charge on any atom is -0.345 e. The Hall–Kier alpha value is -2.53. The average molecular weight is 380 g/mol. The summed E-state index contributed by atoms with van der Waals surface area (Å²) in [6, 6.07) is 16.4. The molecule has 4 nitrogen and oxygen atoms in total. The zero-order valence-electron chi connectivity index (χ0n) is 16.2. The van der Waals surface area contributed by atoms with Crippen molar-refractivity contribution in [3.8, 4) is 5.69 Å². The number of nitrogens with zero attached hydrogens (tertiary/aromatic N) is 3. The molecule has 0 atom stereocenters. The molecule has 0 spiro atoms. The molecule has 3 aromatic rings. The van der Waals surface area contributed by atoms with Crippen molar-refractivity contribution in [2.24, 2.45) is 0 Å². The van der Waals surface area contributed by atoms with Crippen molar-refractivity contribution in [3.63, 3.8) is 0 Å². The van der Waals surface area contributed by atoms with Gasteiger partial charge in [-0.25, -0.2) is 4.98 Å². The summed E-state index contributed by atoms with van der Waals surface area (Å²) in [5, 5.41) is 0.959. The number of benzene rings is 2.